The molecule has 0 radical (unpaired) electrons. The smallest absolute Gasteiger partial charge is 0.339 e. The number of methoxy groups -OCH3 is 1. The highest BCUT2D eigenvalue weighted by molar-refractivity contribution is 7.98. The quantitative estimate of drug-likeness (QED) is 0.0611. The van der Waals surface area contributed by atoms with Crippen molar-refractivity contribution in [1.82, 2.24) is 5.32 Å². The monoisotopic (exact) mass is 668 g/mol. The number of hydrogen-bond acceptors (Lipinski definition) is 6. The Labute approximate surface area is 288 Å². The van der Waals surface area contributed by atoms with Gasteiger partial charge >= 0.3 is 5.97 Å². The fraction of sp³-hybridized carbons (Fsp3) is 0.615. The number of anilines is 1. The number of benzene rings is 2. The van der Waals surface area contributed by atoms with E-state index in [4.69, 9.17) is 9.47 Å². The first-order valence-electron chi connectivity index (χ1n) is 17.9. The highest BCUT2D eigenvalue weighted by atomic mass is 32.2. The largest absolute Gasteiger partial charge is 0.494 e. The Kier molecular flexibility index (Phi) is 21.4. The lowest BCUT2D eigenvalue weighted by molar-refractivity contribution is -0.123. The summed E-state index contributed by atoms with van der Waals surface area (Å²) in [4.78, 5) is 40.1. The summed E-state index contributed by atoms with van der Waals surface area (Å²) in [5.41, 5.74) is 1.86. The SMILES string of the molecule is CCCCCCCCCCCCCCCCCCOc1ccc(CCC(=O)N(CC(=O)NC)c2ccc(SC)c(C(=O)OC)c2)cc1. The van der Waals surface area contributed by atoms with Crippen LogP contribution >= 0.6 is 11.8 Å². The predicted octanol–water partition coefficient (Wildman–Crippen LogP) is 9.55. The number of unbranched alkanes of at least 4 members (excludes halogenated alkanes) is 15. The molecule has 0 spiro atoms. The third-order valence-electron chi connectivity index (χ3n) is 8.60. The molecular formula is C39H60N2O5S. The Morgan fingerprint density at radius 1 is 0.766 bits per heavy atom. The van der Waals surface area contributed by atoms with Crippen molar-refractivity contribution in [3.8, 4) is 5.75 Å². The standard InChI is InChI=1S/C39H60N2O5S/c1-5-6-7-8-9-10-11-12-13-14-15-16-17-18-19-20-29-46-34-25-21-32(22-26-34)23-28-38(43)41(31-37(42)40-2)33-24-27-36(47-4)35(30-33)39(44)45-3/h21-22,24-27,30H,5-20,23,28-29,31H2,1-4H3,(H,40,42). The topological polar surface area (TPSA) is 84.9 Å². The Morgan fingerprint density at radius 3 is 1.83 bits per heavy atom. The third kappa shape index (κ3) is 16.6. The molecule has 47 heavy (non-hydrogen) atoms. The van der Waals surface area contributed by atoms with Gasteiger partial charge in [-0.15, -0.1) is 11.8 Å². The zero-order valence-electron chi connectivity index (χ0n) is 29.6. The zero-order chi connectivity index (χ0) is 34.1. The normalized spacial score (nSPS) is 10.9. The maximum absolute atomic E-state index is 13.3. The minimum atomic E-state index is -0.485. The first kappa shape index (κ1) is 40.2. The first-order chi connectivity index (χ1) is 22.9. The van der Waals surface area contributed by atoms with E-state index in [0.29, 0.717) is 24.3 Å². The molecule has 0 unspecified atom stereocenters. The molecule has 0 aliphatic rings. The van der Waals surface area contributed by atoms with Crippen LogP contribution in [0.3, 0.4) is 0 Å². The number of esters is 1. The molecule has 0 aliphatic carbocycles. The molecule has 262 valence electrons. The molecular weight excluding hydrogens is 609 g/mol. The molecule has 0 heterocycles. The lowest BCUT2D eigenvalue weighted by atomic mass is 10.0. The molecule has 0 saturated carbocycles. The van der Waals surface area contributed by atoms with Crippen molar-refractivity contribution in [2.45, 2.75) is 127 Å². The lowest BCUT2D eigenvalue weighted by Crippen LogP contribution is -2.40. The number of nitrogens with one attached hydrogen (secondary N) is 1. The number of rotatable bonds is 26. The van der Waals surface area contributed by atoms with Gasteiger partial charge in [0.05, 0.1) is 19.3 Å². The second-order valence-corrected chi connectivity index (χ2v) is 13.2. The molecule has 0 aromatic heterocycles. The van der Waals surface area contributed by atoms with Crippen LogP contribution in [0.15, 0.2) is 47.4 Å². The van der Waals surface area contributed by atoms with E-state index >= 15 is 0 Å². The number of carbonyl (C=O) groups is 3. The molecule has 0 bridgehead atoms. The van der Waals surface area contributed by atoms with Gasteiger partial charge in [-0.1, -0.05) is 115 Å². The van der Waals surface area contributed by atoms with Gasteiger partial charge < -0.3 is 19.7 Å². The molecule has 8 heteroatoms. The summed E-state index contributed by atoms with van der Waals surface area (Å²) in [5.74, 6) is -0.143. The second-order valence-electron chi connectivity index (χ2n) is 12.3. The molecule has 7 nitrogen and oxygen atoms in total. The van der Waals surface area contributed by atoms with E-state index in [-0.39, 0.29) is 24.8 Å². The highest BCUT2D eigenvalue weighted by Crippen LogP contribution is 2.27. The minimum Gasteiger partial charge on any atom is -0.494 e. The summed E-state index contributed by atoms with van der Waals surface area (Å²) in [6, 6.07) is 13.0. The van der Waals surface area contributed by atoms with Crippen LogP contribution in [0.4, 0.5) is 5.69 Å². The van der Waals surface area contributed by atoms with Gasteiger partial charge in [0, 0.05) is 24.1 Å². The van der Waals surface area contributed by atoms with Gasteiger partial charge in [-0.2, -0.15) is 0 Å². The van der Waals surface area contributed by atoms with Crippen molar-refractivity contribution in [3.05, 3.63) is 53.6 Å². The van der Waals surface area contributed by atoms with E-state index in [1.807, 2.05) is 30.5 Å². The van der Waals surface area contributed by atoms with Crippen molar-refractivity contribution in [2.24, 2.45) is 0 Å². The first-order valence-corrected chi connectivity index (χ1v) is 19.1. The third-order valence-corrected chi connectivity index (χ3v) is 9.39. The number of likely N-dealkylation sites (N-methyl/N-ethyl adjacent to an activating group) is 1. The van der Waals surface area contributed by atoms with Crippen molar-refractivity contribution in [2.75, 3.05) is 38.5 Å². The van der Waals surface area contributed by atoms with Gasteiger partial charge in [-0.25, -0.2) is 4.79 Å². The van der Waals surface area contributed by atoms with Crippen LogP contribution in [0.25, 0.3) is 0 Å². The Balaban J connectivity index is 1.66. The number of ether oxygens (including phenoxy) is 2. The number of carbonyl (C=O) groups excluding carboxylic acids is 3. The molecule has 2 rings (SSSR count). The molecule has 0 fully saturated rings. The van der Waals surface area contributed by atoms with Crippen LogP contribution in [0.5, 0.6) is 5.75 Å². The van der Waals surface area contributed by atoms with E-state index in [2.05, 4.69) is 12.2 Å². The summed E-state index contributed by atoms with van der Waals surface area (Å²) in [6.07, 6.45) is 24.2. The fourth-order valence-corrected chi connectivity index (χ4v) is 6.22. The van der Waals surface area contributed by atoms with E-state index in [0.717, 1.165) is 22.6 Å². The summed E-state index contributed by atoms with van der Waals surface area (Å²) >= 11 is 1.42. The van der Waals surface area contributed by atoms with Crippen LogP contribution in [0.2, 0.25) is 0 Å². The summed E-state index contributed by atoms with van der Waals surface area (Å²) < 4.78 is 10.9. The number of aryl methyl sites for hydroxylation is 1. The van der Waals surface area contributed by atoms with Gasteiger partial charge in [0.1, 0.15) is 12.3 Å². The van der Waals surface area contributed by atoms with Gasteiger partial charge in [-0.05, 0) is 55.0 Å². The van der Waals surface area contributed by atoms with Crippen molar-refractivity contribution < 1.29 is 23.9 Å². The molecule has 0 saturated heterocycles. The average molecular weight is 669 g/mol. The van der Waals surface area contributed by atoms with Gasteiger partial charge in [0.25, 0.3) is 0 Å². The maximum atomic E-state index is 13.3. The second kappa shape index (κ2) is 25.1. The van der Waals surface area contributed by atoms with Crippen LogP contribution in [-0.4, -0.2) is 51.3 Å². The Morgan fingerprint density at radius 2 is 1.32 bits per heavy atom. The summed E-state index contributed by atoms with van der Waals surface area (Å²) in [7, 11) is 2.86. The Bertz CT molecular complexity index is 1170. The maximum Gasteiger partial charge on any atom is 0.339 e. The molecule has 0 aliphatic heterocycles. The molecule has 0 atom stereocenters. The van der Waals surface area contributed by atoms with Crippen molar-refractivity contribution in [1.29, 1.82) is 0 Å². The summed E-state index contributed by atoms with van der Waals surface area (Å²) in [5, 5.41) is 2.58. The molecule has 1 N–H and O–H groups in total. The predicted molar refractivity (Wildman–Crippen MR) is 196 cm³/mol. The van der Waals surface area contributed by atoms with Crippen molar-refractivity contribution in [3.63, 3.8) is 0 Å². The van der Waals surface area contributed by atoms with Gasteiger partial charge in [0.2, 0.25) is 11.8 Å². The van der Waals surface area contributed by atoms with E-state index in [1.165, 1.54) is 127 Å². The Hall–Kier alpha value is -3.00. The van der Waals surface area contributed by atoms with Crippen LogP contribution < -0.4 is 15.0 Å². The average Bonchev–Trinajstić information content (AvgIpc) is 3.10. The van der Waals surface area contributed by atoms with Gasteiger partial charge in [-0.3, -0.25) is 9.59 Å². The van der Waals surface area contributed by atoms with Crippen LogP contribution in [0.1, 0.15) is 132 Å². The molecule has 2 aromatic carbocycles. The molecule has 2 aromatic rings. The van der Waals surface area contributed by atoms with Crippen LogP contribution in [-0.2, 0) is 20.7 Å². The number of amides is 2. The number of nitrogens with zero attached hydrogens (tertiary/aromatic N) is 1. The lowest BCUT2D eigenvalue weighted by Gasteiger charge is -2.23. The molecule has 2 amide bonds. The van der Waals surface area contributed by atoms with E-state index in [1.54, 1.807) is 18.2 Å². The minimum absolute atomic E-state index is 0.138. The van der Waals surface area contributed by atoms with E-state index < -0.39 is 5.97 Å². The van der Waals surface area contributed by atoms with Crippen molar-refractivity contribution >= 4 is 35.2 Å². The zero-order valence-corrected chi connectivity index (χ0v) is 30.4. The van der Waals surface area contributed by atoms with Gasteiger partial charge in [0.15, 0.2) is 0 Å². The number of thioether (sulfide) groups is 1. The number of hydrogen-bond donors (Lipinski definition) is 1. The van der Waals surface area contributed by atoms with E-state index in [9.17, 15) is 14.4 Å². The summed E-state index contributed by atoms with van der Waals surface area (Å²) in [6.45, 7) is 2.86. The van der Waals surface area contributed by atoms with Crippen LogP contribution in [0, 0.1) is 0 Å². The fourth-order valence-electron chi connectivity index (χ4n) is 5.66. The highest BCUT2D eigenvalue weighted by Gasteiger charge is 2.21.